The molecule has 1 saturated carbocycles. The molecular weight excluding hydrogens is 310 g/mol. The topological polar surface area (TPSA) is 98.7 Å². The maximum Gasteiger partial charge on any atom is 0.407 e. The molecule has 0 bridgehead atoms. The summed E-state index contributed by atoms with van der Waals surface area (Å²) < 4.78 is 0. The Morgan fingerprint density at radius 2 is 1.67 bits per heavy atom. The molecule has 0 heterocycles. The standard InChI is InChI=1S/C17H23N3O4/c1-17(2,3)20(16(23)24)13-9-12(10-13)15(22)19-18-14(21)11-7-5-4-6-8-11/h4-8,12-13H,9-10H2,1-3H3,(H,18,21)(H,19,22)(H,23,24)/t12-,13-. The fraction of sp³-hybridized carbons (Fsp3) is 0.471. The SMILES string of the molecule is CC(C)(C)N(C(=O)O)[C@H]1C[C@H](C(=O)NNC(=O)c2ccccc2)C1. The molecule has 1 aliphatic rings. The first-order chi connectivity index (χ1) is 11.2. The van der Waals surface area contributed by atoms with Gasteiger partial charge >= 0.3 is 6.09 Å². The quantitative estimate of drug-likeness (QED) is 0.737. The molecular formula is C17H23N3O4. The zero-order chi connectivity index (χ0) is 17.9. The Hall–Kier alpha value is -2.57. The lowest BCUT2D eigenvalue weighted by Gasteiger charge is -2.46. The second-order valence-electron chi connectivity index (χ2n) is 6.95. The zero-order valence-electron chi connectivity index (χ0n) is 14.1. The maximum atomic E-state index is 12.1. The lowest BCUT2D eigenvalue weighted by Crippen LogP contribution is -2.58. The molecule has 0 aliphatic heterocycles. The molecule has 0 spiro atoms. The minimum Gasteiger partial charge on any atom is -0.465 e. The van der Waals surface area contributed by atoms with Gasteiger partial charge in [0, 0.05) is 23.1 Å². The summed E-state index contributed by atoms with van der Waals surface area (Å²) in [7, 11) is 0. The summed E-state index contributed by atoms with van der Waals surface area (Å²) >= 11 is 0. The number of hydrogen-bond donors (Lipinski definition) is 3. The molecule has 0 atom stereocenters. The van der Waals surface area contributed by atoms with Gasteiger partial charge in [-0.25, -0.2) is 4.79 Å². The van der Waals surface area contributed by atoms with Gasteiger partial charge in [0.25, 0.3) is 5.91 Å². The van der Waals surface area contributed by atoms with Crippen LogP contribution in [0.4, 0.5) is 4.79 Å². The number of amides is 3. The number of nitrogens with zero attached hydrogens (tertiary/aromatic N) is 1. The molecule has 1 fully saturated rings. The third-order valence-electron chi connectivity index (χ3n) is 4.11. The van der Waals surface area contributed by atoms with Crippen molar-refractivity contribution in [1.29, 1.82) is 0 Å². The van der Waals surface area contributed by atoms with Gasteiger partial charge in [-0.2, -0.15) is 0 Å². The third kappa shape index (κ3) is 4.04. The number of benzene rings is 1. The highest BCUT2D eigenvalue weighted by atomic mass is 16.4. The van der Waals surface area contributed by atoms with E-state index in [1.807, 2.05) is 20.8 Å². The molecule has 7 nitrogen and oxygen atoms in total. The Kier molecular flexibility index (Phi) is 5.11. The minimum absolute atomic E-state index is 0.178. The van der Waals surface area contributed by atoms with E-state index in [0.717, 1.165) is 0 Å². The van der Waals surface area contributed by atoms with Crippen molar-refractivity contribution in [3.63, 3.8) is 0 Å². The maximum absolute atomic E-state index is 12.1. The van der Waals surface area contributed by atoms with Gasteiger partial charge in [0.05, 0.1) is 0 Å². The highest BCUT2D eigenvalue weighted by Gasteiger charge is 2.43. The van der Waals surface area contributed by atoms with Crippen LogP contribution in [0.3, 0.4) is 0 Å². The van der Waals surface area contributed by atoms with Gasteiger partial charge < -0.3 is 10.0 Å². The summed E-state index contributed by atoms with van der Waals surface area (Å²) in [6, 6.07) is 8.39. The van der Waals surface area contributed by atoms with Crippen LogP contribution in [-0.4, -0.2) is 39.5 Å². The van der Waals surface area contributed by atoms with E-state index in [1.54, 1.807) is 30.3 Å². The van der Waals surface area contributed by atoms with Crippen molar-refractivity contribution in [3.05, 3.63) is 35.9 Å². The van der Waals surface area contributed by atoms with Crippen molar-refractivity contribution in [3.8, 4) is 0 Å². The van der Waals surface area contributed by atoms with Crippen LogP contribution in [0, 0.1) is 5.92 Å². The average molecular weight is 333 g/mol. The number of carboxylic acid groups (broad SMARTS) is 1. The van der Waals surface area contributed by atoms with Crippen LogP contribution in [0.5, 0.6) is 0 Å². The largest absolute Gasteiger partial charge is 0.465 e. The van der Waals surface area contributed by atoms with Gasteiger partial charge in [-0.05, 0) is 45.7 Å². The molecule has 0 unspecified atom stereocenters. The highest BCUT2D eigenvalue weighted by molar-refractivity contribution is 5.95. The molecule has 1 aliphatic carbocycles. The summed E-state index contributed by atoms with van der Waals surface area (Å²) in [6.45, 7) is 5.48. The molecule has 3 amide bonds. The van der Waals surface area contributed by atoms with Gasteiger partial charge in [0.15, 0.2) is 0 Å². The first-order valence-electron chi connectivity index (χ1n) is 7.87. The lowest BCUT2D eigenvalue weighted by molar-refractivity contribution is -0.131. The number of hydrazine groups is 1. The Morgan fingerprint density at radius 3 is 2.17 bits per heavy atom. The van der Waals surface area contributed by atoms with E-state index in [-0.39, 0.29) is 23.8 Å². The van der Waals surface area contributed by atoms with E-state index in [9.17, 15) is 19.5 Å². The smallest absolute Gasteiger partial charge is 0.407 e. The fourth-order valence-electron chi connectivity index (χ4n) is 2.89. The molecule has 7 heteroatoms. The highest BCUT2D eigenvalue weighted by Crippen LogP contribution is 2.35. The normalized spacial score (nSPS) is 19.8. The molecule has 2 rings (SSSR count). The lowest BCUT2D eigenvalue weighted by atomic mass is 9.77. The van der Waals surface area contributed by atoms with Crippen molar-refractivity contribution in [2.24, 2.45) is 5.92 Å². The Morgan fingerprint density at radius 1 is 1.08 bits per heavy atom. The summed E-state index contributed by atoms with van der Waals surface area (Å²) in [5, 5.41) is 9.34. The summed E-state index contributed by atoms with van der Waals surface area (Å²) in [6.07, 6.45) is -0.0727. The monoisotopic (exact) mass is 333 g/mol. The minimum atomic E-state index is -0.983. The fourth-order valence-corrected chi connectivity index (χ4v) is 2.89. The molecule has 1 aromatic carbocycles. The van der Waals surface area contributed by atoms with Crippen LogP contribution in [-0.2, 0) is 4.79 Å². The van der Waals surface area contributed by atoms with Gasteiger partial charge in [-0.15, -0.1) is 0 Å². The molecule has 0 radical (unpaired) electrons. The van der Waals surface area contributed by atoms with Crippen molar-refractivity contribution >= 4 is 17.9 Å². The van der Waals surface area contributed by atoms with E-state index in [2.05, 4.69) is 10.9 Å². The third-order valence-corrected chi connectivity index (χ3v) is 4.11. The van der Waals surface area contributed by atoms with Gasteiger partial charge in [-0.1, -0.05) is 18.2 Å². The van der Waals surface area contributed by atoms with Gasteiger partial charge in [0.2, 0.25) is 5.91 Å². The Bertz CT molecular complexity index is 618. The second kappa shape index (κ2) is 6.90. The average Bonchev–Trinajstić information content (AvgIpc) is 2.46. The molecule has 0 saturated heterocycles. The van der Waals surface area contributed by atoms with Crippen molar-refractivity contribution in [1.82, 2.24) is 15.8 Å². The van der Waals surface area contributed by atoms with Crippen molar-refractivity contribution < 1.29 is 19.5 Å². The first kappa shape index (κ1) is 17.8. The van der Waals surface area contributed by atoms with Crippen LogP contribution in [0.1, 0.15) is 44.0 Å². The number of carbonyl (C=O) groups excluding carboxylic acids is 2. The second-order valence-corrected chi connectivity index (χ2v) is 6.95. The molecule has 3 N–H and O–H groups in total. The number of carbonyl (C=O) groups is 3. The molecule has 130 valence electrons. The van der Waals surface area contributed by atoms with Crippen molar-refractivity contribution in [2.45, 2.75) is 45.2 Å². The predicted octanol–water partition coefficient (Wildman–Crippen LogP) is 2.00. The van der Waals surface area contributed by atoms with Gasteiger partial charge in [0.1, 0.15) is 0 Å². The van der Waals surface area contributed by atoms with Gasteiger partial charge in [-0.3, -0.25) is 20.4 Å². The molecule has 1 aromatic rings. The number of hydrogen-bond acceptors (Lipinski definition) is 3. The number of nitrogens with one attached hydrogen (secondary N) is 2. The van der Waals surface area contributed by atoms with E-state index >= 15 is 0 Å². The van der Waals surface area contributed by atoms with Crippen LogP contribution < -0.4 is 10.9 Å². The van der Waals surface area contributed by atoms with Crippen LogP contribution in [0.2, 0.25) is 0 Å². The Balaban J connectivity index is 1.82. The zero-order valence-corrected chi connectivity index (χ0v) is 14.1. The summed E-state index contributed by atoms with van der Waals surface area (Å²) in [5.41, 5.74) is 4.72. The van der Waals surface area contributed by atoms with Crippen molar-refractivity contribution in [2.75, 3.05) is 0 Å². The van der Waals surface area contributed by atoms with E-state index in [1.165, 1.54) is 4.90 Å². The predicted molar refractivity (Wildman–Crippen MR) is 88.2 cm³/mol. The molecule has 24 heavy (non-hydrogen) atoms. The van der Waals surface area contributed by atoms with Crippen LogP contribution in [0.15, 0.2) is 30.3 Å². The molecule has 0 aromatic heterocycles. The summed E-state index contributed by atoms with van der Waals surface area (Å²) in [4.78, 5) is 36.7. The van der Waals surface area contributed by atoms with E-state index in [0.29, 0.717) is 18.4 Å². The van der Waals surface area contributed by atoms with E-state index in [4.69, 9.17) is 0 Å². The van der Waals surface area contributed by atoms with Crippen LogP contribution >= 0.6 is 0 Å². The van der Waals surface area contributed by atoms with Crippen LogP contribution in [0.25, 0.3) is 0 Å². The Labute approximate surface area is 141 Å². The summed E-state index contributed by atoms with van der Waals surface area (Å²) in [5.74, 6) is -0.980. The van der Waals surface area contributed by atoms with E-state index < -0.39 is 11.6 Å². The number of rotatable bonds is 3. The first-order valence-corrected chi connectivity index (χ1v) is 7.87.